The van der Waals surface area contributed by atoms with Crippen LogP contribution in [0.3, 0.4) is 0 Å². The van der Waals surface area contributed by atoms with Crippen LogP contribution in [0.1, 0.15) is 23.3 Å². The molecule has 118 valence electrons. The maximum absolute atomic E-state index is 12.8. The molecule has 23 heavy (non-hydrogen) atoms. The Morgan fingerprint density at radius 2 is 2.17 bits per heavy atom. The number of hydrogen-bond acceptors (Lipinski definition) is 4. The van der Waals surface area contributed by atoms with Crippen LogP contribution in [0.2, 0.25) is 5.02 Å². The van der Waals surface area contributed by atoms with Crippen molar-refractivity contribution in [3.8, 4) is 10.6 Å². The van der Waals surface area contributed by atoms with Crippen molar-refractivity contribution in [3.63, 3.8) is 0 Å². The minimum Gasteiger partial charge on any atom is -0.352 e. The summed E-state index contributed by atoms with van der Waals surface area (Å²) in [6.45, 7) is 0.530. The molecule has 1 N–H and O–H groups in total. The number of carbonyl (C=O) groups is 2. The maximum Gasteiger partial charge on any atom is 0.274 e. The van der Waals surface area contributed by atoms with Crippen molar-refractivity contribution < 1.29 is 9.59 Å². The zero-order valence-electron chi connectivity index (χ0n) is 12.2. The number of hydrogen-bond donors (Lipinski definition) is 1. The lowest BCUT2D eigenvalue weighted by molar-refractivity contribution is -0.127. The highest BCUT2D eigenvalue weighted by Gasteiger charge is 2.45. The normalized spacial score (nSPS) is 23.0. The predicted molar refractivity (Wildman–Crippen MR) is 88.5 cm³/mol. The fraction of sp³-hybridized carbons (Fsp3) is 0.312. The summed E-state index contributed by atoms with van der Waals surface area (Å²) >= 11 is 7.58. The van der Waals surface area contributed by atoms with Gasteiger partial charge in [0.15, 0.2) is 0 Å². The zero-order chi connectivity index (χ0) is 16.0. The van der Waals surface area contributed by atoms with Gasteiger partial charge in [-0.05, 0) is 18.9 Å². The van der Waals surface area contributed by atoms with Gasteiger partial charge < -0.3 is 10.2 Å². The molecule has 2 atom stereocenters. The van der Waals surface area contributed by atoms with Crippen LogP contribution < -0.4 is 5.32 Å². The first kappa shape index (κ1) is 14.7. The SMILES string of the molecule is O=C1NCC2CCC1N2C(=O)c1csc(-c2ccccc2Cl)n1. The summed E-state index contributed by atoms with van der Waals surface area (Å²) in [5.41, 5.74) is 1.20. The topological polar surface area (TPSA) is 62.3 Å². The van der Waals surface area contributed by atoms with Crippen molar-refractivity contribution in [3.05, 3.63) is 40.4 Å². The van der Waals surface area contributed by atoms with Crippen molar-refractivity contribution in [1.82, 2.24) is 15.2 Å². The number of carbonyl (C=O) groups excluding carboxylic acids is 2. The fourth-order valence-corrected chi connectivity index (χ4v) is 4.36. The lowest BCUT2D eigenvalue weighted by atomic mass is 10.2. The molecular formula is C16H14ClN3O2S. The van der Waals surface area contributed by atoms with Gasteiger partial charge in [-0.25, -0.2) is 4.98 Å². The number of nitrogens with zero attached hydrogens (tertiary/aromatic N) is 2. The molecule has 0 spiro atoms. The molecular weight excluding hydrogens is 334 g/mol. The Labute approximate surface area is 142 Å². The third-order valence-corrected chi connectivity index (χ3v) is 5.58. The van der Waals surface area contributed by atoms with Crippen molar-refractivity contribution in [2.75, 3.05) is 6.54 Å². The molecule has 0 radical (unpaired) electrons. The van der Waals surface area contributed by atoms with Crippen molar-refractivity contribution in [2.45, 2.75) is 24.9 Å². The van der Waals surface area contributed by atoms with E-state index in [9.17, 15) is 9.59 Å². The number of thiazole rings is 1. The van der Waals surface area contributed by atoms with Gasteiger partial charge in [0.2, 0.25) is 5.91 Å². The number of piperazine rings is 1. The molecule has 5 nitrogen and oxygen atoms in total. The standard InChI is InChI=1S/C16H14ClN3O2S/c17-11-4-2-1-3-10(11)15-19-12(8-23-15)16(22)20-9-5-6-13(20)14(21)18-7-9/h1-4,8-9,13H,5-7H2,(H,18,21). The van der Waals surface area contributed by atoms with Gasteiger partial charge >= 0.3 is 0 Å². The van der Waals surface area contributed by atoms with E-state index in [1.807, 2.05) is 18.2 Å². The Hall–Kier alpha value is -1.92. The van der Waals surface area contributed by atoms with E-state index in [1.165, 1.54) is 11.3 Å². The molecule has 2 aliphatic heterocycles. The Morgan fingerprint density at radius 1 is 1.35 bits per heavy atom. The van der Waals surface area contributed by atoms with Crippen LogP contribution in [0.15, 0.2) is 29.6 Å². The summed E-state index contributed by atoms with van der Waals surface area (Å²) in [5, 5.41) is 5.92. The van der Waals surface area contributed by atoms with E-state index in [2.05, 4.69) is 10.3 Å². The van der Waals surface area contributed by atoms with Crippen LogP contribution in [0.4, 0.5) is 0 Å². The van der Waals surface area contributed by atoms with Crippen molar-refractivity contribution in [2.24, 2.45) is 0 Å². The molecule has 2 saturated heterocycles. The highest BCUT2D eigenvalue weighted by atomic mass is 35.5. The molecule has 2 fully saturated rings. The lowest BCUT2D eigenvalue weighted by Gasteiger charge is -2.33. The second-order valence-corrected chi connectivity index (χ2v) is 6.99. The van der Waals surface area contributed by atoms with Crippen LogP contribution in [0.5, 0.6) is 0 Å². The minimum absolute atomic E-state index is 0.0614. The molecule has 2 amide bonds. The average Bonchev–Trinajstić information content (AvgIpc) is 3.16. The van der Waals surface area contributed by atoms with Crippen LogP contribution in [-0.2, 0) is 4.79 Å². The number of aromatic nitrogens is 1. The molecule has 4 rings (SSSR count). The molecule has 1 aromatic heterocycles. The van der Waals surface area contributed by atoms with Gasteiger partial charge in [0.05, 0.1) is 11.1 Å². The molecule has 7 heteroatoms. The summed E-state index contributed by atoms with van der Waals surface area (Å²) in [6, 6.07) is 7.15. The smallest absolute Gasteiger partial charge is 0.274 e. The number of amides is 2. The van der Waals surface area contributed by atoms with Gasteiger partial charge in [-0.15, -0.1) is 11.3 Å². The maximum atomic E-state index is 12.8. The van der Waals surface area contributed by atoms with E-state index in [0.29, 0.717) is 22.3 Å². The highest BCUT2D eigenvalue weighted by molar-refractivity contribution is 7.13. The number of fused-ring (bicyclic) bond motifs is 2. The third kappa shape index (κ3) is 2.42. The number of nitrogens with one attached hydrogen (secondary N) is 1. The summed E-state index contributed by atoms with van der Waals surface area (Å²) in [5.74, 6) is -0.226. The second kappa shape index (κ2) is 5.62. The quantitative estimate of drug-likeness (QED) is 0.908. The largest absolute Gasteiger partial charge is 0.352 e. The van der Waals surface area contributed by atoms with Crippen LogP contribution >= 0.6 is 22.9 Å². The number of rotatable bonds is 2. The minimum atomic E-state index is -0.355. The van der Waals surface area contributed by atoms with Gasteiger partial charge in [-0.2, -0.15) is 0 Å². The van der Waals surface area contributed by atoms with E-state index < -0.39 is 0 Å². The Bertz CT molecular complexity index is 791. The van der Waals surface area contributed by atoms with E-state index >= 15 is 0 Å². The second-order valence-electron chi connectivity index (χ2n) is 5.72. The number of halogens is 1. The van der Waals surface area contributed by atoms with Gasteiger partial charge in [0, 0.05) is 17.5 Å². The Morgan fingerprint density at radius 3 is 3.00 bits per heavy atom. The first-order valence-electron chi connectivity index (χ1n) is 7.46. The third-order valence-electron chi connectivity index (χ3n) is 4.38. The zero-order valence-corrected chi connectivity index (χ0v) is 13.7. The number of benzene rings is 1. The lowest BCUT2D eigenvalue weighted by Crippen LogP contribution is -2.57. The summed E-state index contributed by atoms with van der Waals surface area (Å²) in [6.07, 6.45) is 1.58. The molecule has 2 aromatic rings. The monoisotopic (exact) mass is 347 g/mol. The molecule has 3 heterocycles. The van der Waals surface area contributed by atoms with E-state index in [1.54, 1.807) is 16.3 Å². The first-order valence-corrected chi connectivity index (χ1v) is 8.71. The van der Waals surface area contributed by atoms with Crippen LogP contribution in [0.25, 0.3) is 10.6 Å². The summed E-state index contributed by atoms with van der Waals surface area (Å²) in [4.78, 5) is 30.9. The molecule has 1 aromatic carbocycles. The highest BCUT2D eigenvalue weighted by Crippen LogP contribution is 2.33. The predicted octanol–water partition coefficient (Wildman–Crippen LogP) is 2.57. The fourth-order valence-electron chi connectivity index (χ4n) is 3.25. The van der Waals surface area contributed by atoms with Gasteiger partial charge in [0.1, 0.15) is 16.7 Å². The molecule has 2 bridgehead atoms. The van der Waals surface area contributed by atoms with Crippen LogP contribution in [0, 0.1) is 0 Å². The summed E-state index contributed by atoms with van der Waals surface area (Å²) in [7, 11) is 0. The summed E-state index contributed by atoms with van der Waals surface area (Å²) < 4.78 is 0. The van der Waals surface area contributed by atoms with Gasteiger partial charge in [0.25, 0.3) is 5.91 Å². The molecule has 0 aliphatic carbocycles. The van der Waals surface area contributed by atoms with E-state index in [0.717, 1.165) is 18.4 Å². The average molecular weight is 348 g/mol. The van der Waals surface area contributed by atoms with E-state index in [4.69, 9.17) is 11.6 Å². The van der Waals surface area contributed by atoms with E-state index in [-0.39, 0.29) is 23.9 Å². The van der Waals surface area contributed by atoms with Crippen molar-refractivity contribution in [1.29, 1.82) is 0 Å². The van der Waals surface area contributed by atoms with Gasteiger partial charge in [-0.1, -0.05) is 29.8 Å². The molecule has 2 unspecified atom stereocenters. The van der Waals surface area contributed by atoms with Crippen molar-refractivity contribution >= 4 is 34.8 Å². The Kier molecular flexibility index (Phi) is 3.58. The van der Waals surface area contributed by atoms with Crippen LogP contribution in [-0.4, -0.2) is 40.3 Å². The first-order chi connectivity index (χ1) is 11.1. The molecule has 2 aliphatic rings. The molecule has 0 saturated carbocycles. The van der Waals surface area contributed by atoms with Gasteiger partial charge in [-0.3, -0.25) is 9.59 Å². The Balaban J connectivity index is 1.63.